The summed E-state index contributed by atoms with van der Waals surface area (Å²) in [5, 5.41) is 2.32. The zero-order chi connectivity index (χ0) is 40.6. The number of fused-ring (bicyclic) bond motifs is 2. The van der Waals surface area contributed by atoms with E-state index >= 15 is 0 Å². The van der Waals surface area contributed by atoms with Crippen molar-refractivity contribution >= 4 is 52.9 Å². The fraction of sp³-hybridized carbons (Fsp3) is 0.500. The molecule has 2 saturated carbocycles. The summed E-state index contributed by atoms with van der Waals surface area (Å²) in [5.41, 5.74) is 6.40. The van der Waals surface area contributed by atoms with Crippen LogP contribution in [0.3, 0.4) is 0 Å². The Morgan fingerprint density at radius 3 is 1.09 bits per heavy atom. The fourth-order valence-corrected chi connectivity index (χ4v) is 7.14. The first-order chi connectivity index (χ1) is 25.6. The van der Waals surface area contributed by atoms with E-state index in [4.69, 9.17) is 20.0 Å². The van der Waals surface area contributed by atoms with E-state index in [1.807, 2.05) is 76.0 Å². The molecular formula is C40H56CuF6N8P. The van der Waals surface area contributed by atoms with Crippen LogP contribution < -0.4 is 0 Å². The van der Waals surface area contributed by atoms with Crippen LogP contribution in [-0.2, 0) is 17.1 Å². The zero-order valence-electron chi connectivity index (χ0n) is 33.6. The largest absolute Gasteiger partial charge is 1.00 e. The third kappa shape index (κ3) is 15.0. The van der Waals surface area contributed by atoms with Crippen LogP contribution in [0.2, 0.25) is 0 Å². The first-order valence-corrected chi connectivity index (χ1v) is 20.8. The van der Waals surface area contributed by atoms with Gasteiger partial charge in [0.25, 0.3) is 0 Å². The second-order valence-electron chi connectivity index (χ2n) is 15.2. The summed E-state index contributed by atoms with van der Waals surface area (Å²) in [4.78, 5) is 27.9. The van der Waals surface area contributed by atoms with Gasteiger partial charge in [-0.05, 0) is 49.9 Å². The Morgan fingerprint density at radius 1 is 0.500 bits per heavy atom. The number of aliphatic imine (C=N–C) groups is 2. The van der Waals surface area contributed by atoms with Gasteiger partial charge in [0.1, 0.15) is 0 Å². The molecule has 2 heterocycles. The van der Waals surface area contributed by atoms with E-state index in [9.17, 15) is 25.2 Å². The van der Waals surface area contributed by atoms with Gasteiger partial charge in [-0.3, -0.25) is 9.97 Å². The average Bonchev–Trinajstić information content (AvgIpc) is 3.11. The Morgan fingerprint density at radius 2 is 0.804 bits per heavy atom. The number of hydrogen-bond acceptors (Lipinski definition) is 4. The molecule has 0 amide bonds. The normalized spacial score (nSPS) is 16.0. The number of para-hydroxylation sites is 2. The molecular weight excluding hydrogens is 801 g/mol. The topological polar surface area (TPSA) is 63.5 Å². The molecule has 0 spiro atoms. The van der Waals surface area contributed by atoms with Crippen molar-refractivity contribution in [1.82, 2.24) is 29.6 Å². The van der Waals surface area contributed by atoms with E-state index in [1.54, 1.807) is 0 Å². The van der Waals surface area contributed by atoms with E-state index < -0.39 is 7.81 Å². The minimum absolute atomic E-state index is 0. The van der Waals surface area contributed by atoms with Crippen molar-refractivity contribution in [2.45, 2.75) is 76.0 Å². The Balaban J connectivity index is 0.000000253. The van der Waals surface area contributed by atoms with Crippen molar-refractivity contribution in [3.05, 3.63) is 72.1 Å². The SMILES string of the molecule is CN(C)C(=Nc1cccc2ccc(C3CCCCC3)nc12)N(C)C.CN(C)C(=Nc1cccc2ccc(C3CCCCC3)nc12)N(C)C.F[P-](F)(F)(F)(F)F.[Cu+]. The van der Waals surface area contributed by atoms with Gasteiger partial charge < -0.3 is 19.6 Å². The van der Waals surface area contributed by atoms with Gasteiger partial charge in [-0.25, -0.2) is 9.98 Å². The Labute approximate surface area is 338 Å². The van der Waals surface area contributed by atoms with Crippen LogP contribution in [-0.4, -0.2) is 97.9 Å². The average molecular weight is 857 g/mol. The molecule has 314 valence electrons. The van der Waals surface area contributed by atoms with Gasteiger partial charge in [-0.2, -0.15) is 0 Å². The monoisotopic (exact) mass is 856 g/mol. The van der Waals surface area contributed by atoms with E-state index in [0.29, 0.717) is 11.8 Å². The van der Waals surface area contributed by atoms with Crippen molar-refractivity contribution in [2.24, 2.45) is 9.98 Å². The number of nitrogens with zero attached hydrogens (tertiary/aromatic N) is 8. The van der Waals surface area contributed by atoms with Crippen LogP contribution in [0.15, 0.2) is 70.6 Å². The van der Waals surface area contributed by atoms with Crippen LogP contribution >= 0.6 is 7.81 Å². The maximum Gasteiger partial charge on any atom is 1.00 e. The van der Waals surface area contributed by atoms with Crippen molar-refractivity contribution in [1.29, 1.82) is 0 Å². The molecule has 8 nitrogen and oxygen atoms in total. The van der Waals surface area contributed by atoms with Crippen molar-refractivity contribution in [3.8, 4) is 0 Å². The van der Waals surface area contributed by atoms with Crippen LogP contribution in [0.4, 0.5) is 36.6 Å². The summed E-state index contributed by atoms with van der Waals surface area (Å²) in [6, 6.07) is 21.3. The number of halogens is 6. The molecule has 2 aromatic carbocycles. The summed E-state index contributed by atoms with van der Waals surface area (Å²) in [7, 11) is 5.49. The Hall–Kier alpha value is -3.67. The summed E-state index contributed by atoms with van der Waals surface area (Å²) >= 11 is 0. The number of benzene rings is 2. The van der Waals surface area contributed by atoms with Gasteiger partial charge in [-0.15, -0.1) is 0 Å². The van der Waals surface area contributed by atoms with Crippen LogP contribution in [0, 0.1) is 0 Å². The summed E-state index contributed by atoms with van der Waals surface area (Å²) in [5.74, 6) is 3.07. The second-order valence-corrected chi connectivity index (χ2v) is 17.1. The summed E-state index contributed by atoms with van der Waals surface area (Å²) in [6.07, 6.45) is 13.1. The van der Waals surface area contributed by atoms with Crippen LogP contribution in [0.1, 0.15) is 87.4 Å². The standard InChI is InChI=1S/2C20H28N4.Cu.F6P/c2*1-23(2)20(24(3)4)22-18-12-8-11-16-13-14-17(21-19(16)18)15-9-6-5-7-10-15;;1-7(2,3,4,5)6/h2*8,11-15H,5-7,9-10H2,1-4H3;;/q;;+1;-1. The van der Waals surface area contributed by atoms with Gasteiger partial charge >= 0.3 is 50.1 Å². The molecule has 0 saturated heterocycles. The number of aromatic nitrogens is 2. The fourth-order valence-electron chi connectivity index (χ4n) is 7.14. The molecule has 0 radical (unpaired) electrons. The van der Waals surface area contributed by atoms with Crippen molar-refractivity contribution < 1.29 is 42.3 Å². The van der Waals surface area contributed by atoms with Gasteiger partial charge in [0.05, 0.1) is 22.4 Å². The van der Waals surface area contributed by atoms with E-state index in [2.05, 4.69) is 60.7 Å². The molecule has 6 rings (SSSR count). The minimum Gasteiger partial charge on any atom is 1.00 e. The molecule has 0 bridgehead atoms. The molecule has 2 aromatic heterocycles. The first-order valence-electron chi connectivity index (χ1n) is 18.8. The maximum atomic E-state index is 9.87. The molecule has 56 heavy (non-hydrogen) atoms. The molecule has 2 aliphatic carbocycles. The number of hydrogen-bond donors (Lipinski definition) is 0. The van der Waals surface area contributed by atoms with Crippen LogP contribution in [0.25, 0.3) is 21.8 Å². The van der Waals surface area contributed by atoms with Crippen molar-refractivity contribution in [3.63, 3.8) is 0 Å². The van der Waals surface area contributed by atoms with Gasteiger partial charge in [0, 0.05) is 90.4 Å². The van der Waals surface area contributed by atoms with E-state index in [0.717, 1.165) is 45.1 Å². The summed E-state index contributed by atoms with van der Waals surface area (Å²) < 4.78 is 59.2. The third-order valence-electron chi connectivity index (χ3n) is 9.53. The molecule has 0 N–H and O–H groups in total. The van der Waals surface area contributed by atoms with Gasteiger partial charge in [0.2, 0.25) is 11.9 Å². The molecule has 2 fully saturated rings. The van der Waals surface area contributed by atoms with E-state index in [-0.39, 0.29) is 17.1 Å². The first kappa shape index (κ1) is 46.7. The maximum absolute atomic E-state index is 10.7. The molecule has 0 unspecified atom stereocenters. The van der Waals surface area contributed by atoms with Gasteiger partial charge in [0.15, 0.2) is 0 Å². The molecule has 16 heteroatoms. The van der Waals surface area contributed by atoms with Crippen LogP contribution in [0.5, 0.6) is 0 Å². The number of guanidine groups is 2. The molecule has 2 aliphatic rings. The summed E-state index contributed by atoms with van der Waals surface area (Å²) in [6.45, 7) is 0. The number of pyridine rings is 2. The quantitative estimate of drug-likeness (QED) is 0.0670. The Bertz CT molecular complexity index is 1800. The Kier molecular flexibility index (Phi) is 15.6. The minimum atomic E-state index is -10.7. The molecule has 0 atom stereocenters. The number of rotatable bonds is 4. The third-order valence-corrected chi connectivity index (χ3v) is 9.53. The van der Waals surface area contributed by atoms with E-state index in [1.165, 1.54) is 75.6 Å². The predicted molar refractivity (Wildman–Crippen MR) is 218 cm³/mol. The molecule has 0 aliphatic heterocycles. The van der Waals surface area contributed by atoms with Gasteiger partial charge in [-0.1, -0.05) is 74.9 Å². The zero-order valence-corrected chi connectivity index (χ0v) is 35.4. The second kappa shape index (κ2) is 18.7. The smallest absolute Gasteiger partial charge is 1.00 e. The molecule has 4 aromatic rings. The van der Waals surface area contributed by atoms with Crippen molar-refractivity contribution in [2.75, 3.05) is 56.4 Å². The predicted octanol–water partition coefficient (Wildman–Crippen LogP) is 12.2.